The van der Waals surface area contributed by atoms with Gasteiger partial charge >= 0.3 is 5.97 Å². The number of rotatable bonds is 6. The van der Waals surface area contributed by atoms with E-state index < -0.39 is 5.97 Å². The summed E-state index contributed by atoms with van der Waals surface area (Å²) in [6.45, 7) is 6.34. The predicted octanol–water partition coefficient (Wildman–Crippen LogP) is 4.99. The topological polar surface area (TPSA) is 106 Å². The average Bonchev–Trinajstić information content (AvgIpc) is 3.21. The number of benzene rings is 1. The van der Waals surface area contributed by atoms with Gasteiger partial charge in [0.25, 0.3) is 5.91 Å². The molecular weight excluding hydrogens is 478 g/mol. The first-order valence-electron chi connectivity index (χ1n) is 9.70. The highest BCUT2D eigenvalue weighted by atomic mass is 79.9. The van der Waals surface area contributed by atoms with Crippen molar-refractivity contribution < 1.29 is 14.7 Å². The summed E-state index contributed by atoms with van der Waals surface area (Å²) in [5.74, 6) is -0.343. The Kier molecular flexibility index (Phi) is 8.88. The predicted molar refractivity (Wildman–Crippen MR) is 126 cm³/mol. The van der Waals surface area contributed by atoms with E-state index in [2.05, 4.69) is 46.7 Å². The van der Waals surface area contributed by atoms with E-state index in [9.17, 15) is 9.59 Å². The first-order chi connectivity index (χ1) is 14.5. The monoisotopic (exact) mass is 503 g/mol. The van der Waals surface area contributed by atoms with Gasteiger partial charge in [0.1, 0.15) is 5.82 Å². The van der Waals surface area contributed by atoms with Crippen molar-refractivity contribution in [1.82, 2.24) is 9.97 Å². The summed E-state index contributed by atoms with van der Waals surface area (Å²) in [5, 5.41) is 8.63. The molecule has 0 aliphatic carbocycles. The molecule has 2 heterocycles. The van der Waals surface area contributed by atoms with Crippen LogP contribution in [0.2, 0.25) is 0 Å². The third kappa shape index (κ3) is 8.59. The van der Waals surface area contributed by atoms with Crippen LogP contribution in [0.25, 0.3) is 0 Å². The molecule has 3 rings (SSSR count). The number of hydrogen-bond donors (Lipinski definition) is 2. The number of thiophene rings is 1. The van der Waals surface area contributed by atoms with Gasteiger partial charge in [0.2, 0.25) is 0 Å². The minimum atomic E-state index is -0.771. The summed E-state index contributed by atoms with van der Waals surface area (Å²) < 4.78 is 0.861. The number of primary amides is 1. The Morgan fingerprint density at radius 1 is 1.03 bits per heavy atom. The molecule has 0 aliphatic rings. The number of nitrogens with two attached hydrogens (primary N) is 1. The molecule has 0 unspecified atom stereocenters. The lowest BCUT2D eigenvalue weighted by molar-refractivity contribution is -0.136. The zero-order chi connectivity index (χ0) is 23.0. The van der Waals surface area contributed by atoms with E-state index in [1.165, 1.54) is 16.2 Å². The number of carbonyl (C=O) groups is 2. The average molecular weight is 504 g/mol. The number of carboxylic acid groups (broad SMARTS) is 1. The number of carboxylic acids is 1. The molecule has 0 spiro atoms. The summed E-state index contributed by atoms with van der Waals surface area (Å²) in [6, 6.07) is 11.6. The van der Waals surface area contributed by atoms with Crippen LogP contribution in [0.15, 0.2) is 53.3 Å². The van der Waals surface area contributed by atoms with Gasteiger partial charge in [-0.25, -0.2) is 9.97 Å². The molecule has 6 nitrogen and oxygen atoms in total. The van der Waals surface area contributed by atoms with Gasteiger partial charge in [-0.2, -0.15) is 0 Å². The number of aliphatic carboxylic acids is 1. The molecule has 2 aromatic heterocycles. The number of aryl methyl sites for hydroxylation is 1. The Morgan fingerprint density at radius 3 is 2.06 bits per heavy atom. The Morgan fingerprint density at radius 2 is 1.61 bits per heavy atom. The number of nitrogens with zero attached hydrogens (tertiary/aromatic N) is 2. The molecule has 0 fully saturated rings. The number of halogens is 1. The SMILES string of the molecule is CC(C)(C)c1ccc(C(N)=O)s1.O=C(O)CCc1ccc(Cc2ncc(Br)cn2)cc1. The summed E-state index contributed by atoms with van der Waals surface area (Å²) >= 11 is 4.77. The highest BCUT2D eigenvalue weighted by Crippen LogP contribution is 2.29. The van der Waals surface area contributed by atoms with E-state index in [-0.39, 0.29) is 17.7 Å². The van der Waals surface area contributed by atoms with Crippen LogP contribution in [0.3, 0.4) is 0 Å². The fraction of sp³-hybridized carbons (Fsp3) is 0.304. The zero-order valence-electron chi connectivity index (χ0n) is 17.8. The van der Waals surface area contributed by atoms with Crippen molar-refractivity contribution in [1.29, 1.82) is 0 Å². The number of amides is 1. The molecule has 0 saturated heterocycles. The number of carbonyl (C=O) groups excluding carboxylic acids is 1. The molecule has 1 amide bonds. The van der Waals surface area contributed by atoms with E-state index in [1.807, 2.05) is 30.3 Å². The second kappa shape index (κ2) is 11.2. The standard InChI is InChI=1S/C14H13BrN2O2.C9H13NOS/c15-12-8-16-13(17-9-12)7-11-3-1-10(2-4-11)5-6-14(18)19;1-9(2,3)7-5-4-6(12-7)8(10)11/h1-4,8-9H,5-7H2,(H,18,19);4-5H,1-3H3,(H2,10,11). The molecule has 0 saturated carbocycles. The molecule has 8 heteroatoms. The Bertz CT molecular complexity index is 1010. The lowest BCUT2D eigenvalue weighted by atomic mass is 9.95. The van der Waals surface area contributed by atoms with Crippen molar-refractivity contribution in [2.45, 2.75) is 45.4 Å². The Hall–Kier alpha value is -2.58. The van der Waals surface area contributed by atoms with Crippen molar-refractivity contribution in [2.75, 3.05) is 0 Å². The van der Waals surface area contributed by atoms with Crippen LogP contribution in [0.4, 0.5) is 0 Å². The van der Waals surface area contributed by atoms with Crippen LogP contribution < -0.4 is 5.73 Å². The van der Waals surface area contributed by atoms with E-state index in [4.69, 9.17) is 10.8 Å². The lowest BCUT2D eigenvalue weighted by Crippen LogP contribution is -2.09. The Balaban J connectivity index is 0.000000245. The van der Waals surface area contributed by atoms with Crippen molar-refractivity contribution in [2.24, 2.45) is 5.73 Å². The molecule has 164 valence electrons. The normalized spacial score (nSPS) is 10.8. The smallest absolute Gasteiger partial charge is 0.303 e. The summed E-state index contributed by atoms with van der Waals surface area (Å²) in [7, 11) is 0. The molecule has 3 aromatic rings. The van der Waals surface area contributed by atoms with E-state index in [1.54, 1.807) is 18.5 Å². The minimum absolute atomic E-state index is 0.109. The molecule has 31 heavy (non-hydrogen) atoms. The second-order valence-corrected chi connectivity index (χ2v) is 9.98. The maximum absolute atomic E-state index is 10.8. The van der Waals surface area contributed by atoms with Gasteiger partial charge in [-0.1, -0.05) is 45.0 Å². The van der Waals surface area contributed by atoms with Crippen LogP contribution in [0.5, 0.6) is 0 Å². The summed E-state index contributed by atoms with van der Waals surface area (Å²) in [4.78, 5) is 31.5. The third-order valence-electron chi connectivity index (χ3n) is 4.27. The van der Waals surface area contributed by atoms with Crippen LogP contribution in [-0.2, 0) is 23.1 Å². The fourth-order valence-corrected chi connectivity index (χ4v) is 3.68. The molecule has 0 aliphatic heterocycles. The molecular formula is C23H26BrN3O3S. The number of aromatic nitrogens is 2. The fourth-order valence-electron chi connectivity index (χ4n) is 2.56. The van der Waals surface area contributed by atoms with Crippen LogP contribution in [0, 0.1) is 0 Å². The highest BCUT2D eigenvalue weighted by molar-refractivity contribution is 9.10. The van der Waals surface area contributed by atoms with E-state index in [0.29, 0.717) is 17.7 Å². The van der Waals surface area contributed by atoms with Gasteiger partial charge in [-0.3, -0.25) is 9.59 Å². The lowest BCUT2D eigenvalue weighted by Gasteiger charge is -2.14. The maximum Gasteiger partial charge on any atom is 0.303 e. The summed E-state index contributed by atoms with van der Waals surface area (Å²) in [5.41, 5.74) is 7.39. The Labute approximate surface area is 194 Å². The quantitative estimate of drug-likeness (QED) is 0.492. The van der Waals surface area contributed by atoms with Gasteiger partial charge in [-0.15, -0.1) is 11.3 Å². The van der Waals surface area contributed by atoms with Gasteiger partial charge < -0.3 is 10.8 Å². The molecule has 1 aromatic carbocycles. The first kappa shape index (κ1) is 24.7. The molecule has 0 radical (unpaired) electrons. The highest BCUT2D eigenvalue weighted by Gasteiger charge is 2.17. The first-order valence-corrected chi connectivity index (χ1v) is 11.3. The van der Waals surface area contributed by atoms with E-state index >= 15 is 0 Å². The second-order valence-electron chi connectivity index (χ2n) is 7.98. The van der Waals surface area contributed by atoms with Crippen LogP contribution in [0.1, 0.15) is 58.7 Å². The minimum Gasteiger partial charge on any atom is -0.481 e. The molecule has 0 bridgehead atoms. The zero-order valence-corrected chi connectivity index (χ0v) is 20.2. The van der Waals surface area contributed by atoms with Crippen molar-refractivity contribution >= 4 is 39.1 Å². The number of hydrogen-bond acceptors (Lipinski definition) is 5. The van der Waals surface area contributed by atoms with Crippen LogP contribution in [-0.4, -0.2) is 27.0 Å². The molecule has 3 N–H and O–H groups in total. The van der Waals surface area contributed by atoms with Gasteiger partial charge in [0.15, 0.2) is 0 Å². The largest absolute Gasteiger partial charge is 0.481 e. The van der Waals surface area contributed by atoms with Gasteiger partial charge in [0.05, 0.1) is 9.35 Å². The van der Waals surface area contributed by atoms with Crippen molar-refractivity contribution in [3.05, 3.63) is 80.0 Å². The maximum atomic E-state index is 10.8. The third-order valence-corrected chi connectivity index (χ3v) is 6.21. The summed E-state index contributed by atoms with van der Waals surface area (Å²) in [6.07, 6.45) is 4.85. The van der Waals surface area contributed by atoms with Crippen molar-refractivity contribution in [3.8, 4) is 0 Å². The van der Waals surface area contributed by atoms with Gasteiger partial charge in [0, 0.05) is 30.1 Å². The van der Waals surface area contributed by atoms with Crippen molar-refractivity contribution in [3.63, 3.8) is 0 Å². The molecule has 0 atom stereocenters. The van der Waals surface area contributed by atoms with Crippen LogP contribution >= 0.6 is 27.3 Å². The van der Waals surface area contributed by atoms with E-state index in [0.717, 1.165) is 21.4 Å². The van der Waals surface area contributed by atoms with Gasteiger partial charge in [-0.05, 0) is 51.0 Å².